The number of rotatable bonds is 5. The van der Waals surface area contributed by atoms with E-state index in [2.05, 4.69) is 5.10 Å². The first-order valence-electron chi connectivity index (χ1n) is 5.56. The molecule has 0 bridgehead atoms. The summed E-state index contributed by atoms with van der Waals surface area (Å²) in [6.07, 6.45) is 3.20. The Labute approximate surface area is 106 Å². The molecule has 0 fully saturated rings. The molecule has 8 heteroatoms. The van der Waals surface area contributed by atoms with Crippen LogP contribution in [0.1, 0.15) is 0 Å². The highest BCUT2D eigenvalue weighted by Gasteiger charge is 2.29. The summed E-state index contributed by atoms with van der Waals surface area (Å²) >= 11 is 0. The summed E-state index contributed by atoms with van der Waals surface area (Å²) in [5.74, 6) is -1.25. The number of hydrogen-bond acceptors (Lipinski definition) is 2. The molecule has 102 valence electrons. The molecule has 1 aromatic carbocycles. The van der Waals surface area contributed by atoms with E-state index in [9.17, 15) is 17.3 Å². The van der Waals surface area contributed by atoms with Crippen molar-refractivity contribution in [2.75, 3.05) is 6.61 Å². The quantitative estimate of drug-likeness (QED) is 0.616. The fraction of sp³-hybridized carbons (Fsp3) is 0.182. The summed E-state index contributed by atoms with van der Waals surface area (Å²) in [5.41, 5.74) is -0.929. The van der Waals surface area contributed by atoms with Crippen LogP contribution in [0.15, 0.2) is 36.7 Å². The predicted octanol–water partition coefficient (Wildman–Crippen LogP) is 2.16. The predicted molar refractivity (Wildman–Crippen MR) is 62.8 cm³/mol. The fourth-order valence-corrected chi connectivity index (χ4v) is 1.59. The molecule has 0 spiro atoms. The van der Waals surface area contributed by atoms with Gasteiger partial charge in [0, 0.05) is 18.5 Å². The lowest BCUT2D eigenvalue weighted by atomic mass is 9.79. The molecule has 2 rings (SSSR count). The molecule has 0 aliphatic heterocycles. The monoisotopic (exact) mass is 273 g/mol. The Bertz CT molecular complexity index is 542. The smallest absolute Gasteiger partial charge is 0.495 e. The number of halogens is 4. The Morgan fingerprint density at radius 1 is 1.26 bits per heavy atom. The first-order valence-corrected chi connectivity index (χ1v) is 5.56. The Morgan fingerprint density at radius 3 is 2.68 bits per heavy atom. The second kappa shape index (κ2) is 5.33. The van der Waals surface area contributed by atoms with E-state index < -0.39 is 24.0 Å². The van der Waals surface area contributed by atoms with Gasteiger partial charge in [-0.05, 0) is 12.1 Å². The maximum atomic E-state index is 13.0. The molecule has 0 N–H and O–H groups in total. The summed E-state index contributed by atoms with van der Waals surface area (Å²) in [7, 11) is 0. The van der Waals surface area contributed by atoms with E-state index in [1.165, 1.54) is 4.68 Å². The van der Waals surface area contributed by atoms with E-state index in [0.717, 1.165) is 12.1 Å². The minimum atomic E-state index is -5.23. The molecule has 0 amide bonds. The zero-order valence-electron chi connectivity index (χ0n) is 9.77. The van der Waals surface area contributed by atoms with Gasteiger partial charge in [-0.1, -0.05) is 11.5 Å². The van der Waals surface area contributed by atoms with Crippen molar-refractivity contribution in [1.82, 2.24) is 9.78 Å². The van der Waals surface area contributed by atoms with E-state index in [1.54, 1.807) is 18.5 Å². The molecule has 0 saturated heterocycles. The lowest BCUT2D eigenvalue weighted by Crippen LogP contribution is -2.35. The molecule has 1 heterocycles. The molecular formula is C11H10BF4N2O-. The zero-order valence-corrected chi connectivity index (χ0v) is 9.77. The number of aromatic nitrogens is 2. The van der Waals surface area contributed by atoms with Gasteiger partial charge in [-0.25, -0.2) is 4.39 Å². The Morgan fingerprint density at radius 2 is 2.05 bits per heavy atom. The maximum Gasteiger partial charge on any atom is 0.513 e. The number of hydrogen-bond donors (Lipinski definition) is 0. The molecule has 0 radical (unpaired) electrons. The first kappa shape index (κ1) is 13.4. The zero-order chi connectivity index (χ0) is 13.9. The van der Waals surface area contributed by atoms with Gasteiger partial charge in [0.25, 0.3) is 0 Å². The topological polar surface area (TPSA) is 27.1 Å². The maximum absolute atomic E-state index is 13.0. The first-order chi connectivity index (χ1) is 8.97. The van der Waals surface area contributed by atoms with Crippen LogP contribution in [0.4, 0.5) is 17.3 Å². The number of benzene rings is 1. The van der Waals surface area contributed by atoms with Gasteiger partial charge in [-0.3, -0.25) is 4.68 Å². The van der Waals surface area contributed by atoms with Gasteiger partial charge >= 0.3 is 6.98 Å². The lowest BCUT2D eigenvalue weighted by molar-refractivity contribution is 0.291. The molecule has 0 unspecified atom stereocenters. The largest absolute Gasteiger partial charge is 0.513 e. The van der Waals surface area contributed by atoms with Crippen molar-refractivity contribution in [3.05, 3.63) is 42.5 Å². The van der Waals surface area contributed by atoms with Gasteiger partial charge in [0.1, 0.15) is 12.4 Å². The standard InChI is InChI=1S/C11H10BF4N2O/c13-9-2-3-10(12(14,15)16)11(8-9)19-7-6-18-5-1-4-17-18/h1-5,8H,6-7H2/q-1. The van der Waals surface area contributed by atoms with E-state index in [0.29, 0.717) is 6.07 Å². The van der Waals surface area contributed by atoms with Crippen LogP contribution in [0.25, 0.3) is 0 Å². The summed E-state index contributed by atoms with van der Waals surface area (Å²) in [4.78, 5) is 0. The second-order valence-corrected chi connectivity index (χ2v) is 3.87. The van der Waals surface area contributed by atoms with E-state index in [4.69, 9.17) is 4.74 Å². The summed E-state index contributed by atoms with van der Waals surface area (Å²) in [6.45, 7) is -4.97. The van der Waals surface area contributed by atoms with Crippen molar-refractivity contribution in [2.45, 2.75) is 6.54 Å². The average molecular weight is 273 g/mol. The van der Waals surface area contributed by atoms with Crippen LogP contribution in [-0.4, -0.2) is 23.4 Å². The van der Waals surface area contributed by atoms with Crippen LogP contribution in [0.2, 0.25) is 0 Å². The molecule has 0 aliphatic carbocycles. The third kappa shape index (κ3) is 3.49. The van der Waals surface area contributed by atoms with Gasteiger partial charge < -0.3 is 17.7 Å². The van der Waals surface area contributed by atoms with Crippen molar-refractivity contribution < 1.29 is 22.1 Å². The average Bonchev–Trinajstić information content (AvgIpc) is 2.80. The van der Waals surface area contributed by atoms with Crippen LogP contribution in [0.5, 0.6) is 5.75 Å². The van der Waals surface area contributed by atoms with Crippen LogP contribution in [0.3, 0.4) is 0 Å². The highest BCUT2D eigenvalue weighted by molar-refractivity contribution is 6.74. The Balaban J connectivity index is 2.08. The van der Waals surface area contributed by atoms with Crippen LogP contribution in [-0.2, 0) is 6.54 Å². The molecule has 3 nitrogen and oxygen atoms in total. The van der Waals surface area contributed by atoms with Crippen molar-refractivity contribution in [2.24, 2.45) is 0 Å². The van der Waals surface area contributed by atoms with Crippen LogP contribution >= 0.6 is 0 Å². The molecule has 0 atom stereocenters. The van der Waals surface area contributed by atoms with Crippen molar-refractivity contribution in [1.29, 1.82) is 0 Å². The van der Waals surface area contributed by atoms with Gasteiger partial charge in [-0.2, -0.15) is 5.10 Å². The van der Waals surface area contributed by atoms with Crippen LogP contribution < -0.4 is 10.2 Å². The highest BCUT2D eigenvalue weighted by Crippen LogP contribution is 2.19. The SMILES string of the molecule is Fc1ccc([B-](F)(F)F)c(OCCn2cccn2)c1. The van der Waals surface area contributed by atoms with Gasteiger partial charge in [0.2, 0.25) is 0 Å². The van der Waals surface area contributed by atoms with Crippen LogP contribution in [0, 0.1) is 5.82 Å². The molecule has 0 aliphatic rings. The third-order valence-corrected chi connectivity index (χ3v) is 2.47. The molecule has 19 heavy (non-hydrogen) atoms. The van der Waals surface area contributed by atoms with Crippen molar-refractivity contribution >= 4 is 12.4 Å². The van der Waals surface area contributed by atoms with Gasteiger partial charge in [0.05, 0.1) is 12.3 Å². The van der Waals surface area contributed by atoms with Crippen molar-refractivity contribution in [3.8, 4) is 5.75 Å². The molecule has 0 saturated carbocycles. The third-order valence-electron chi connectivity index (χ3n) is 2.47. The second-order valence-electron chi connectivity index (χ2n) is 3.87. The van der Waals surface area contributed by atoms with E-state index in [1.807, 2.05) is 0 Å². The molecule has 1 aromatic heterocycles. The molecular weight excluding hydrogens is 263 g/mol. The minimum Gasteiger partial charge on any atom is -0.495 e. The summed E-state index contributed by atoms with van der Waals surface area (Å²) in [5, 5.41) is 3.88. The minimum absolute atomic E-state index is 0.0235. The number of nitrogens with zero attached hydrogens (tertiary/aromatic N) is 2. The Kier molecular flexibility index (Phi) is 3.78. The Hall–Kier alpha value is -1.99. The van der Waals surface area contributed by atoms with Crippen molar-refractivity contribution in [3.63, 3.8) is 0 Å². The van der Waals surface area contributed by atoms with Gasteiger partial charge in [-0.15, -0.1) is 0 Å². The normalized spacial score (nSPS) is 11.6. The van der Waals surface area contributed by atoms with E-state index in [-0.39, 0.29) is 13.2 Å². The summed E-state index contributed by atoms with van der Waals surface area (Å²) < 4.78 is 57.7. The fourth-order valence-electron chi connectivity index (χ4n) is 1.59. The van der Waals surface area contributed by atoms with Gasteiger partial charge in [0.15, 0.2) is 0 Å². The van der Waals surface area contributed by atoms with E-state index >= 15 is 0 Å². The highest BCUT2D eigenvalue weighted by atomic mass is 19.4. The lowest BCUT2D eigenvalue weighted by Gasteiger charge is -2.19. The number of ether oxygens (including phenoxy) is 1. The summed E-state index contributed by atoms with van der Waals surface area (Å²) in [6, 6.07) is 3.89. The molecule has 2 aromatic rings.